The van der Waals surface area contributed by atoms with Crippen molar-refractivity contribution in [3.8, 4) is 0 Å². The number of hydrogen-bond donors (Lipinski definition) is 2. The van der Waals surface area contributed by atoms with Crippen molar-refractivity contribution in [1.29, 1.82) is 0 Å². The van der Waals surface area contributed by atoms with E-state index in [-0.39, 0.29) is 0 Å². The fourth-order valence-electron chi connectivity index (χ4n) is 1.12. The Balaban J connectivity index is 5.92. The molecule has 0 amide bonds. The molecule has 0 rings (SSSR count). The molecule has 0 saturated heterocycles. The Hall–Kier alpha value is -1.74. The van der Waals surface area contributed by atoms with Crippen LogP contribution in [0.2, 0.25) is 0 Å². The summed E-state index contributed by atoms with van der Waals surface area (Å²) in [5.41, 5.74) is -7.36. The third-order valence-corrected chi connectivity index (χ3v) is 2.04. The van der Waals surface area contributed by atoms with Gasteiger partial charge in [-0.15, -0.1) is 0 Å². The molecule has 2 atom stereocenters. The van der Waals surface area contributed by atoms with Gasteiger partial charge in [-0.25, -0.2) is 18.0 Å². The molecule has 0 bridgehead atoms. The van der Waals surface area contributed by atoms with Crippen LogP contribution in [0.25, 0.3) is 0 Å². The van der Waals surface area contributed by atoms with E-state index in [0.29, 0.717) is 0 Å². The second-order valence-electron chi connectivity index (χ2n) is 3.17. The summed E-state index contributed by atoms with van der Waals surface area (Å²) < 4.78 is 74.5. The number of rotatable bonds is 5. The summed E-state index contributed by atoms with van der Waals surface area (Å²) in [6.45, 7) is 2.38. The molecule has 4 nitrogen and oxygen atoms in total. The van der Waals surface area contributed by atoms with Crippen molar-refractivity contribution in [3.63, 3.8) is 0 Å². The molecule has 0 heterocycles. The van der Waals surface area contributed by atoms with Crippen LogP contribution in [0.1, 0.15) is 0 Å². The molecule has 0 aromatic carbocycles. The van der Waals surface area contributed by atoms with Gasteiger partial charge < -0.3 is 10.2 Å². The fourth-order valence-corrected chi connectivity index (χ4v) is 1.12. The Labute approximate surface area is 95.5 Å². The van der Waals surface area contributed by atoms with Crippen LogP contribution in [-0.2, 0) is 9.59 Å². The Bertz CT molecular complexity index is 376. The quantitative estimate of drug-likeness (QED) is 0.595. The zero-order valence-electron chi connectivity index (χ0n) is 8.34. The third-order valence-electron chi connectivity index (χ3n) is 2.04. The van der Waals surface area contributed by atoms with E-state index >= 15 is 0 Å². The van der Waals surface area contributed by atoms with Crippen LogP contribution in [0.4, 0.5) is 26.3 Å². The third kappa shape index (κ3) is 2.57. The molecule has 0 aromatic rings. The highest BCUT2D eigenvalue weighted by Gasteiger charge is 2.70. The van der Waals surface area contributed by atoms with Gasteiger partial charge in [-0.05, 0) is 0 Å². The molecule has 0 saturated carbocycles. The second kappa shape index (κ2) is 4.86. The lowest BCUT2D eigenvalue weighted by molar-refractivity contribution is -0.281. The minimum Gasteiger partial charge on any atom is -0.481 e. The molecule has 0 aromatic heterocycles. The summed E-state index contributed by atoms with van der Waals surface area (Å²) in [7, 11) is 0. The van der Waals surface area contributed by atoms with Crippen molar-refractivity contribution in [2.24, 2.45) is 5.92 Å². The maximum atomic E-state index is 13.4. The SMILES string of the molecule is C=C(C(=O)O)C(C(=O)O)C(F)(C(F)F)C(F)(F)F. The van der Waals surface area contributed by atoms with Gasteiger partial charge in [-0.2, -0.15) is 13.2 Å². The van der Waals surface area contributed by atoms with Crippen LogP contribution >= 0.6 is 0 Å². The zero-order valence-corrected chi connectivity index (χ0v) is 8.34. The highest BCUT2D eigenvalue weighted by molar-refractivity contribution is 5.94. The van der Waals surface area contributed by atoms with Crippen molar-refractivity contribution in [1.82, 2.24) is 0 Å². The molecule has 18 heavy (non-hydrogen) atoms. The monoisotopic (exact) mass is 280 g/mol. The molecule has 0 aliphatic heterocycles. The fraction of sp³-hybridized carbons (Fsp3) is 0.500. The standard InChI is InChI=1S/C8H6F6O4/c1-2(4(15)16)3(5(17)18)7(11,6(9)10)8(12,13)14/h3,6H,1H2,(H,15,16)(H,17,18). The molecular weight excluding hydrogens is 274 g/mol. The maximum absolute atomic E-state index is 13.4. The first kappa shape index (κ1) is 16.3. The van der Waals surface area contributed by atoms with Gasteiger partial charge in [0.1, 0.15) is 5.92 Å². The molecule has 0 fully saturated rings. The van der Waals surface area contributed by atoms with Crippen molar-refractivity contribution in [3.05, 3.63) is 12.2 Å². The van der Waals surface area contributed by atoms with E-state index in [1.807, 2.05) is 0 Å². The van der Waals surface area contributed by atoms with Crippen molar-refractivity contribution in [2.45, 2.75) is 18.3 Å². The molecular formula is C8H6F6O4. The van der Waals surface area contributed by atoms with Crippen molar-refractivity contribution < 1.29 is 46.1 Å². The Morgan fingerprint density at radius 2 is 1.44 bits per heavy atom. The van der Waals surface area contributed by atoms with Gasteiger partial charge in [0.2, 0.25) is 0 Å². The summed E-state index contributed by atoms with van der Waals surface area (Å²) in [6.07, 6.45) is -11.1. The van der Waals surface area contributed by atoms with E-state index in [0.717, 1.165) is 0 Å². The first-order valence-electron chi connectivity index (χ1n) is 4.06. The zero-order chi connectivity index (χ0) is 14.9. The summed E-state index contributed by atoms with van der Waals surface area (Å²) in [5, 5.41) is 16.6. The number of carboxylic acids is 2. The number of alkyl halides is 6. The predicted octanol–water partition coefficient (Wildman–Crippen LogP) is 1.86. The summed E-state index contributed by atoms with van der Waals surface area (Å²) in [6, 6.07) is 0. The molecule has 2 unspecified atom stereocenters. The summed E-state index contributed by atoms with van der Waals surface area (Å²) in [4.78, 5) is 20.7. The Morgan fingerprint density at radius 1 is 1.06 bits per heavy atom. The van der Waals surface area contributed by atoms with Gasteiger partial charge in [0.15, 0.2) is 0 Å². The van der Waals surface area contributed by atoms with E-state index in [4.69, 9.17) is 10.2 Å². The average molecular weight is 280 g/mol. The summed E-state index contributed by atoms with van der Waals surface area (Å²) in [5.74, 6) is -8.67. The van der Waals surface area contributed by atoms with Crippen molar-refractivity contribution in [2.75, 3.05) is 0 Å². The minimum atomic E-state index is -6.28. The van der Waals surface area contributed by atoms with Gasteiger partial charge in [-0.3, -0.25) is 4.79 Å². The van der Waals surface area contributed by atoms with Crippen LogP contribution in [0.5, 0.6) is 0 Å². The maximum Gasteiger partial charge on any atom is 0.429 e. The Kier molecular flexibility index (Phi) is 4.39. The first-order chi connectivity index (χ1) is 7.87. The number of halogens is 6. The van der Waals surface area contributed by atoms with E-state index in [1.54, 1.807) is 0 Å². The minimum absolute atomic E-state index is 1.83. The number of hydrogen-bond acceptors (Lipinski definition) is 2. The Morgan fingerprint density at radius 3 is 1.61 bits per heavy atom. The second-order valence-corrected chi connectivity index (χ2v) is 3.17. The molecule has 0 aliphatic rings. The lowest BCUT2D eigenvalue weighted by Crippen LogP contribution is -2.56. The number of aliphatic carboxylic acids is 2. The summed E-state index contributed by atoms with van der Waals surface area (Å²) >= 11 is 0. The van der Waals surface area contributed by atoms with Crippen LogP contribution in [-0.4, -0.2) is 40.4 Å². The average Bonchev–Trinajstić information content (AvgIpc) is 2.14. The first-order valence-corrected chi connectivity index (χ1v) is 4.06. The molecule has 10 heteroatoms. The lowest BCUT2D eigenvalue weighted by Gasteiger charge is -2.32. The molecule has 0 aliphatic carbocycles. The number of carbonyl (C=O) groups is 2. The highest BCUT2D eigenvalue weighted by atomic mass is 19.4. The molecule has 0 spiro atoms. The van der Waals surface area contributed by atoms with Gasteiger partial charge in [0.05, 0.1) is 0 Å². The lowest BCUT2D eigenvalue weighted by atomic mass is 9.83. The van der Waals surface area contributed by atoms with E-state index in [9.17, 15) is 35.9 Å². The van der Waals surface area contributed by atoms with Crippen LogP contribution in [0.15, 0.2) is 12.2 Å². The molecule has 104 valence electrons. The molecule has 0 radical (unpaired) electrons. The van der Waals surface area contributed by atoms with Gasteiger partial charge in [0, 0.05) is 5.57 Å². The van der Waals surface area contributed by atoms with Crippen molar-refractivity contribution >= 4 is 11.9 Å². The molecule has 2 N–H and O–H groups in total. The number of carboxylic acid groups (broad SMARTS) is 2. The van der Waals surface area contributed by atoms with E-state index in [1.165, 1.54) is 0 Å². The van der Waals surface area contributed by atoms with Gasteiger partial charge >= 0.3 is 18.1 Å². The van der Waals surface area contributed by atoms with Gasteiger partial charge in [0.25, 0.3) is 12.1 Å². The van der Waals surface area contributed by atoms with Crippen LogP contribution < -0.4 is 0 Å². The largest absolute Gasteiger partial charge is 0.481 e. The van der Waals surface area contributed by atoms with E-state index in [2.05, 4.69) is 6.58 Å². The smallest absolute Gasteiger partial charge is 0.429 e. The van der Waals surface area contributed by atoms with E-state index < -0.39 is 41.7 Å². The van der Waals surface area contributed by atoms with Gasteiger partial charge in [-0.1, -0.05) is 6.58 Å². The highest BCUT2D eigenvalue weighted by Crippen LogP contribution is 2.46. The van der Waals surface area contributed by atoms with Crippen LogP contribution in [0, 0.1) is 5.92 Å². The predicted molar refractivity (Wildman–Crippen MR) is 43.8 cm³/mol. The van der Waals surface area contributed by atoms with Crippen LogP contribution in [0.3, 0.4) is 0 Å². The normalized spacial score (nSPS) is 17.1. The topological polar surface area (TPSA) is 74.6 Å².